The van der Waals surface area contributed by atoms with Crippen LogP contribution in [0, 0.1) is 17.8 Å². The molecule has 1 saturated heterocycles. The highest BCUT2D eigenvalue weighted by molar-refractivity contribution is 7.91. The minimum atomic E-state index is -3.87. The third-order valence-electron chi connectivity index (χ3n) is 12.4. The molecule has 13 nitrogen and oxygen atoms in total. The van der Waals surface area contributed by atoms with Crippen LogP contribution < -0.4 is 14.8 Å². The van der Waals surface area contributed by atoms with Gasteiger partial charge >= 0.3 is 5.97 Å². The second-order valence-electron chi connectivity index (χ2n) is 16.6. The normalized spacial score (nSPS) is 34.3. The van der Waals surface area contributed by atoms with Crippen LogP contribution in [-0.2, 0) is 40.4 Å². The van der Waals surface area contributed by atoms with Crippen molar-refractivity contribution in [3.63, 3.8) is 0 Å². The Bertz CT molecular complexity index is 1970. The maximum Gasteiger partial charge on any atom is 0.307 e. The Balaban J connectivity index is 1.13. The van der Waals surface area contributed by atoms with E-state index >= 15 is 0 Å². The van der Waals surface area contributed by atoms with Gasteiger partial charge in [-0.25, -0.2) is 18.4 Å². The highest BCUT2D eigenvalue weighted by Crippen LogP contribution is 2.50. The van der Waals surface area contributed by atoms with Gasteiger partial charge in [0.05, 0.1) is 29.2 Å². The number of aryl methyl sites for hydroxylation is 1. The first kappa shape index (κ1) is 36.9. The van der Waals surface area contributed by atoms with Crippen LogP contribution in [0.4, 0.5) is 0 Å². The molecule has 7 atom stereocenters. The number of fused-ring (bicyclic) bond motifs is 6. The Morgan fingerprint density at radius 3 is 2.52 bits per heavy atom. The molecule has 3 saturated carbocycles. The van der Waals surface area contributed by atoms with E-state index in [1.54, 1.807) is 0 Å². The fourth-order valence-electron chi connectivity index (χ4n) is 8.74. The van der Waals surface area contributed by atoms with Crippen LogP contribution in [-0.4, -0.2) is 82.1 Å². The van der Waals surface area contributed by atoms with E-state index in [4.69, 9.17) is 19.4 Å². The third-order valence-corrected chi connectivity index (χ3v) is 14.2. The van der Waals surface area contributed by atoms with Crippen molar-refractivity contribution in [2.45, 2.75) is 138 Å². The number of amides is 3. The number of carbonyl (C=O) groups is 4. The zero-order chi connectivity index (χ0) is 37.7. The van der Waals surface area contributed by atoms with Crippen molar-refractivity contribution in [1.29, 1.82) is 0 Å². The van der Waals surface area contributed by atoms with Crippen LogP contribution in [0.1, 0.15) is 109 Å². The lowest BCUT2D eigenvalue weighted by atomic mass is 9.95. The molecule has 290 valence electrons. The number of ether oxygens (including phenoxy) is 2. The summed E-state index contributed by atoms with van der Waals surface area (Å²) >= 11 is 0. The highest BCUT2D eigenvalue weighted by Gasteiger charge is 2.62. The number of allylic oxidation sites excluding steroid dienone is 1. The summed E-state index contributed by atoms with van der Waals surface area (Å²) in [5, 5.41) is 2.32. The van der Waals surface area contributed by atoms with Gasteiger partial charge in [-0.1, -0.05) is 50.0 Å². The summed E-state index contributed by atoms with van der Waals surface area (Å²) in [4.78, 5) is 67.7. The lowest BCUT2D eigenvalue weighted by Crippen LogP contribution is -2.57. The number of hydrogen-bond acceptors (Lipinski definition) is 10. The Kier molecular flexibility index (Phi) is 9.93. The molecule has 2 aromatic rings. The van der Waals surface area contributed by atoms with Crippen molar-refractivity contribution in [3.8, 4) is 5.88 Å². The van der Waals surface area contributed by atoms with Crippen LogP contribution in [0.3, 0.4) is 0 Å². The van der Waals surface area contributed by atoms with E-state index < -0.39 is 68.2 Å². The number of benzene rings is 1. The molecule has 4 fully saturated rings. The van der Waals surface area contributed by atoms with Crippen molar-refractivity contribution in [2.75, 3.05) is 6.54 Å². The number of carbonyl (C=O) groups excluding carboxylic acids is 4. The van der Waals surface area contributed by atoms with Gasteiger partial charge in [0.2, 0.25) is 27.7 Å². The molecular weight excluding hydrogens is 711 g/mol. The predicted molar refractivity (Wildman–Crippen MR) is 198 cm³/mol. The first-order valence-electron chi connectivity index (χ1n) is 19.9. The molecule has 0 unspecified atom stereocenters. The Morgan fingerprint density at radius 1 is 0.963 bits per heavy atom. The van der Waals surface area contributed by atoms with Gasteiger partial charge in [-0.3, -0.25) is 23.9 Å². The summed E-state index contributed by atoms with van der Waals surface area (Å²) in [6.45, 7) is 2.04. The van der Waals surface area contributed by atoms with Gasteiger partial charge in [0.25, 0.3) is 5.91 Å². The molecule has 1 aromatic heterocycles. The summed E-state index contributed by atoms with van der Waals surface area (Å²) in [6.07, 6.45) is 13.3. The number of nitrogens with zero attached hydrogens (tertiary/aromatic N) is 3. The molecule has 3 aliphatic heterocycles. The molecule has 14 heteroatoms. The molecule has 3 aliphatic carbocycles. The van der Waals surface area contributed by atoms with Crippen LogP contribution in [0.5, 0.6) is 5.88 Å². The second kappa shape index (κ2) is 14.5. The molecular formula is C40H51N5O8S. The number of para-hydroxylation sites is 2. The average Bonchev–Trinajstić information content (AvgIpc) is 4.08. The smallest absolute Gasteiger partial charge is 0.307 e. The Morgan fingerprint density at radius 2 is 1.72 bits per heavy atom. The zero-order valence-corrected chi connectivity index (χ0v) is 31.8. The average molecular weight is 762 g/mol. The fourth-order valence-corrected chi connectivity index (χ4v) is 10.1. The van der Waals surface area contributed by atoms with Crippen molar-refractivity contribution < 1.29 is 37.1 Å². The van der Waals surface area contributed by atoms with Gasteiger partial charge in [0, 0.05) is 24.2 Å². The maximum atomic E-state index is 14.7. The topological polar surface area (TPSA) is 174 Å². The van der Waals surface area contributed by atoms with Crippen LogP contribution in [0.25, 0.3) is 11.0 Å². The number of sulfonamides is 1. The quantitative estimate of drug-likeness (QED) is 0.337. The van der Waals surface area contributed by atoms with Gasteiger partial charge in [0.1, 0.15) is 29.0 Å². The van der Waals surface area contributed by atoms with E-state index in [2.05, 4.69) is 10.0 Å². The summed E-state index contributed by atoms with van der Waals surface area (Å²) in [6, 6.07) is 6.56. The maximum absolute atomic E-state index is 14.7. The minimum Gasteiger partial charge on any atom is -0.471 e. The predicted octanol–water partition coefficient (Wildman–Crippen LogP) is 4.43. The number of aromatic nitrogens is 2. The molecule has 4 heterocycles. The second-order valence-corrected chi connectivity index (χ2v) is 18.6. The molecule has 8 rings (SSSR count). The number of rotatable bonds is 3. The van der Waals surface area contributed by atoms with E-state index in [1.165, 1.54) is 4.90 Å². The lowest BCUT2D eigenvalue weighted by Gasteiger charge is -2.29. The fraction of sp³-hybridized carbons (Fsp3) is 0.650. The van der Waals surface area contributed by atoms with Gasteiger partial charge < -0.3 is 19.7 Å². The summed E-state index contributed by atoms with van der Waals surface area (Å²) < 4.78 is 40.6. The lowest BCUT2D eigenvalue weighted by molar-refractivity contribution is -0.156. The van der Waals surface area contributed by atoms with Crippen molar-refractivity contribution in [3.05, 3.63) is 42.1 Å². The van der Waals surface area contributed by atoms with Crippen molar-refractivity contribution in [1.82, 2.24) is 24.9 Å². The first-order chi connectivity index (χ1) is 25.9. The van der Waals surface area contributed by atoms with Crippen LogP contribution in [0.15, 0.2) is 36.4 Å². The van der Waals surface area contributed by atoms with Crippen molar-refractivity contribution >= 4 is 44.7 Å². The van der Waals surface area contributed by atoms with Gasteiger partial charge in [-0.2, -0.15) is 0 Å². The summed E-state index contributed by atoms with van der Waals surface area (Å²) in [5.74, 6) is -2.52. The number of esters is 1. The largest absolute Gasteiger partial charge is 0.471 e. The number of hydrogen-bond donors (Lipinski definition) is 2. The Hall–Kier alpha value is -4.07. The molecule has 2 N–H and O–H groups in total. The summed E-state index contributed by atoms with van der Waals surface area (Å²) in [7, 11) is -3.87. The summed E-state index contributed by atoms with van der Waals surface area (Å²) in [5.41, 5.74) is 0.152. The molecule has 1 aromatic carbocycles. The monoisotopic (exact) mass is 761 g/mol. The number of nitrogens with one attached hydrogen (secondary N) is 2. The highest BCUT2D eigenvalue weighted by atomic mass is 32.2. The van der Waals surface area contributed by atoms with E-state index in [-0.39, 0.29) is 37.6 Å². The molecule has 54 heavy (non-hydrogen) atoms. The van der Waals surface area contributed by atoms with Crippen LogP contribution in [0.2, 0.25) is 0 Å². The first-order valence-corrected chi connectivity index (χ1v) is 21.5. The Labute approximate surface area is 316 Å². The third kappa shape index (κ3) is 7.72. The standard InChI is InChI=1S/C40H51N5O8S/c1-39-22-26(39)13-8-5-9-17-32-36(42-31-16-11-10-15-30(31)41-32)52-28-21-33-35(47)43-40(38(49)44-54(50,51)29-18-19-29)23-27(40)14-7-4-2-3-6-12-25(20-34(46)53-39)37(48)45(33)24-28/h7,10-11,14-16,25-29,33H,2-6,8-9,12-13,17-24H2,1H3,(H,43,47)(H,44,49)/b14-7-/t25-,26-,27-,28-,33+,39-,40-/m1/s1. The zero-order valence-electron chi connectivity index (χ0n) is 31.0. The van der Waals surface area contributed by atoms with Gasteiger partial charge in [-0.05, 0) is 83.3 Å². The van der Waals surface area contributed by atoms with Crippen molar-refractivity contribution in [2.24, 2.45) is 17.8 Å². The van der Waals surface area contributed by atoms with Crippen LogP contribution >= 0.6 is 0 Å². The van der Waals surface area contributed by atoms with E-state index in [0.717, 1.165) is 62.6 Å². The minimum absolute atomic E-state index is 0.0643. The van der Waals surface area contributed by atoms with E-state index in [1.807, 2.05) is 43.3 Å². The van der Waals surface area contributed by atoms with E-state index in [0.29, 0.717) is 43.5 Å². The van der Waals surface area contributed by atoms with E-state index in [9.17, 15) is 27.6 Å². The molecule has 3 bridgehead atoms. The molecule has 0 radical (unpaired) electrons. The molecule has 0 spiro atoms. The molecule has 3 amide bonds. The SMILES string of the molecule is C[C@@]12C[C@H]1CCCCCc1nc3ccccc3nc1O[C@@H]1C[C@H]3C(=O)N[C@]4(C(=O)NS(=O)(=O)C5CC5)C[C@H]4/C=C\CCCCC[C@H](CC(=O)O2)C(=O)N3C1. The molecule has 6 aliphatic rings. The van der Waals surface area contributed by atoms with Gasteiger partial charge in [-0.15, -0.1) is 0 Å². The van der Waals surface area contributed by atoms with Gasteiger partial charge in [0.15, 0.2) is 0 Å².